The summed E-state index contributed by atoms with van der Waals surface area (Å²) in [7, 11) is -3.33. The first-order chi connectivity index (χ1) is 23.8. The molecular formula is C36H38BrClN4O7S. The van der Waals surface area contributed by atoms with Crippen LogP contribution in [-0.2, 0) is 32.6 Å². The third-order valence-electron chi connectivity index (χ3n) is 8.00. The Kier molecular flexibility index (Phi) is 13.4. The maximum absolute atomic E-state index is 14.7. The summed E-state index contributed by atoms with van der Waals surface area (Å²) in [6.07, 6.45) is 1.72. The molecule has 0 saturated carbocycles. The number of hydrogen-bond donors (Lipinski definition) is 1. The number of rotatable bonds is 16. The standard InChI is InChI=1S/C36H38BrClN4O7S/c1-4-5-18-39-36(44)33(20-26-10-7-6-8-11-26)40(23-27-12-9-13-28(37)19-27)35(43)24-41(32-21-29(38)15-17-34(32)49-3)50(47,48)30-16-14-25(2)31(22-30)42(45)46/h6-17,19,21-22,33H,4-5,18,20,23-24H2,1-3H3,(H,39,44)/t33-/m1/s1. The van der Waals surface area contributed by atoms with Crippen molar-refractivity contribution in [2.75, 3.05) is 24.5 Å². The van der Waals surface area contributed by atoms with Gasteiger partial charge in [-0.2, -0.15) is 0 Å². The van der Waals surface area contributed by atoms with E-state index in [0.29, 0.717) is 12.1 Å². The monoisotopic (exact) mass is 784 g/mol. The second kappa shape index (κ2) is 17.5. The number of hydrogen-bond acceptors (Lipinski definition) is 7. The smallest absolute Gasteiger partial charge is 0.273 e. The molecule has 264 valence electrons. The second-order valence-corrected chi connectivity index (χ2v) is 14.7. The fraction of sp³-hybridized carbons (Fsp3) is 0.278. The predicted octanol–water partition coefficient (Wildman–Crippen LogP) is 7.08. The lowest BCUT2D eigenvalue weighted by Gasteiger charge is -2.34. The van der Waals surface area contributed by atoms with Crippen LogP contribution >= 0.6 is 27.5 Å². The third-order valence-corrected chi connectivity index (χ3v) is 10.5. The van der Waals surface area contributed by atoms with Gasteiger partial charge < -0.3 is 15.0 Å². The topological polar surface area (TPSA) is 139 Å². The van der Waals surface area contributed by atoms with E-state index in [-0.39, 0.29) is 35.0 Å². The Hall–Kier alpha value is -4.46. The van der Waals surface area contributed by atoms with Crippen LogP contribution in [-0.4, -0.2) is 56.3 Å². The number of halogens is 2. The fourth-order valence-electron chi connectivity index (χ4n) is 5.34. The molecule has 0 heterocycles. The number of benzene rings is 4. The third kappa shape index (κ3) is 9.61. The Labute approximate surface area is 305 Å². The molecule has 0 saturated heterocycles. The molecule has 0 aliphatic heterocycles. The molecule has 0 spiro atoms. The minimum absolute atomic E-state index is 0.0342. The van der Waals surface area contributed by atoms with Crippen molar-refractivity contribution in [2.24, 2.45) is 0 Å². The highest BCUT2D eigenvalue weighted by Crippen LogP contribution is 2.36. The largest absolute Gasteiger partial charge is 0.495 e. The average Bonchev–Trinajstić information content (AvgIpc) is 3.09. The van der Waals surface area contributed by atoms with Gasteiger partial charge in [-0.1, -0.05) is 89.4 Å². The molecule has 0 aromatic heterocycles. The number of anilines is 1. The van der Waals surface area contributed by atoms with Crippen molar-refractivity contribution in [3.05, 3.63) is 127 Å². The number of nitro groups is 1. The Morgan fingerprint density at radius 1 is 1.00 bits per heavy atom. The number of methoxy groups -OCH3 is 1. The first-order valence-electron chi connectivity index (χ1n) is 15.8. The maximum Gasteiger partial charge on any atom is 0.273 e. The van der Waals surface area contributed by atoms with Crippen LogP contribution in [0.2, 0.25) is 5.02 Å². The van der Waals surface area contributed by atoms with Crippen LogP contribution in [0.5, 0.6) is 5.75 Å². The molecule has 14 heteroatoms. The van der Waals surface area contributed by atoms with Crippen molar-refractivity contribution in [1.82, 2.24) is 10.2 Å². The van der Waals surface area contributed by atoms with E-state index in [9.17, 15) is 28.1 Å². The van der Waals surface area contributed by atoms with Gasteiger partial charge in [-0.15, -0.1) is 0 Å². The lowest BCUT2D eigenvalue weighted by atomic mass is 10.0. The second-order valence-electron chi connectivity index (χ2n) is 11.5. The number of aryl methyl sites for hydroxylation is 1. The lowest BCUT2D eigenvalue weighted by Crippen LogP contribution is -2.53. The normalized spacial score (nSPS) is 11.8. The minimum atomic E-state index is -4.67. The van der Waals surface area contributed by atoms with Crippen LogP contribution in [0.3, 0.4) is 0 Å². The molecule has 0 bridgehead atoms. The quantitative estimate of drug-likeness (QED) is 0.0728. The van der Waals surface area contributed by atoms with Crippen molar-refractivity contribution in [3.63, 3.8) is 0 Å². The van der Waals surface area contributed by atoms with Gasteiger partial charge in [-0.25, -0.2) is 8.42 Å². The molecule has 1 N–H and O–H groups in total. The van der Waals surface area contributed by atoms with Crippen molar-refractivity contribution in [3.8, 4) is 5.75 Å². The van der Waals surface area contributed by atoms with E-state index in [2.05, 4.69) is 21.2 Å². The van der Waals surface area contributed by atoms with Gasteiger partial charge in [0.05, 0.1) is 22.6 Å². The SMILES string of the molecule is CCCCNC(=O)[C@@H](Cc1ccccc1)N(Cc1cccc(Br)c1)C(=O)CN(c1cc(Cl)ccc1OC)S(=O)(=O)c1ccc(C)c([N+](=O)[O-])c1. The summed E-state index contributed by atoms with van der Waals surface area (Å²) in [6, 6.07) is 23.3. The molecule has 4 aromatic carbocycles. The summed E-state index contributed by atoms with van der Waals surface area (Å²) in [4.78, 5) is 40.7. The Morgan fingerprint density at radius 3 is 2.38 bits per heavy atom. The molecule has 11 nitrogen and oxygen atoms in total. The van der Waals surface area contributed by atoms with E-state index >= 15 is 0 Å². The van der Waals surface area contributed by atoms with Crippen molar-refractivity contribution < 1.29 is 27.7 Å². The van der Waals surface area contributed by atoms with Crippen LogP contribution in [0.25, 0.3) is 0 Å². The minimum Gasteiger partial charge on any atom is -0.495 e. The van der Waals surface area contributed by atoms with E-state index in [1.165, 1.54) is 49.3 Å². The van der Waals surface area contributed by atoms with Gasteiger partial charge in [0.15, 0.2) is 0 Å². The maximum atomic E-state index is 14.7. The van der Waals surface area contributed by atoms with E-state index < -0.39 is 49.9 Å². The molecule has 0 aliphatic rings. The zero-order valence-corrected chi connectivity index (χ0v) is 31.0. The summed E-state index contributed by atoms with van der Waals surface area (Å²) in [6.45, 7) is 3.06. The Balaban J connectivity index is 1.88. The number of sulfonamides is 1. The zero-order valence-electron chi connectivity index (χ0n) is 27.8. The Bertz CT molecular complexity index is 1950. The predicted molar refractivity (Wildman–Crippen MR) is 197 cm³/mol. The molecule has 1 atom stereocenters. The van der Waals surface area contributed by atoms with Crippen LogP contribution < -0.4 is 14.4 Å². The van der Waals surface area contributed by atoms with E-state index in [1.54, 1.807) is 12.1 Å². The number of unbranched alkanes of at least 4 members (excludes halogenated alkanes) is 1. The molecule has 50 heavy (non-hydrogen) atoms. The fourth-order valence-corrected chi connectivity index (χ4v) is 7.39. The average molecular weight is 786 g/mol. The van der Waals surface area contributed by atoms with Crippen molar-refractivity contribution >= 4 is 60.7 Å². The summed E-state index contributed by atoms with van der Waals surface area (Å²) < 4.78 is 36.0. The van der Waals surface area contributed by atoms with Crippen LogP contribution in [0.1, 0.15) is 36.5 Å². The van der Waals surface area contributed by atoms with Crippen LogP contribution in [0.4, 0.5) is 11.4 Å². The van der Waals surface area contributed by atoms with E-state index in [4.69, 9.17) is 16.3 Å². The molecule has 2 amide bonds. The number of nitrogens with zero attached hydrogens (tertiary/aromatic N) is 3. The number of nitrogens with one attached hydrogen (secondary N) is 1. The zero-order chi connectivity index (χ0) is 36.4. The van der Waals surface area contributed by atoms with Gasteiger partial charge in [0, 0.05) is 40.6 Å². The van der Waals surface area contributed by atoms with Gasteiger partial charge in [-0.3, -0.25) is 24.0 Å². The molecule has 0 aliphatic carbocycles. The van der Waals surface area contributed by atoms with E-state index in [1.807, 2.05) is 49.4 Å². The summed E-state index contributed by atoms with van der Waals surface area (Å²) in [5, 5.41) is 14.9. The van der Waals surface area contributed by atoms with Crippen molar-refractivity contribution in [1.29, 1.82) is 0 Å². The van der Waals surface area contributed by atoms with E-state index in [0.717, 1.165) is 33.2 Å². The summed E-state index contributed by atoms with van der Waals surface area (Å²) in [5.74, 6) is -1.01. The number of amides is 2. The van der Waals surface area contributed by atoms with Crippen molar-refractivity contribution in [2.45, 2.75) is 50.6 Å². The highest BCUT2D eigenvalue weighted by molar-refractivity contribution is 9.10. The molecule has 0 unspecified atom stereocenters. The molecular weight excluding hydrogens is 748 g/mol. The van der Waals surface area contributed by atoms with Crippen LogP contribution in [0.15, 0.2) is 100 Å². The van der Waals surface area contributed by atoms with Gasteiger partial charge in [0.1, 0.15) is 18.3 Å². The number of nitro benzene ring substituents is 1. The number of carbonyl (C=O) groups excluding carboxylic acids is 2. The molecule has 0 fully saturated rings. The summed E-state index contributed by atoms with van der Waals surface area (Å²) >= 11 is 9.82. The Morgan fingerprint density at radius 2 is 1.72 bits per heavy atom. The summed E-state index contributed by atoms with van der Waals surface area (Å²) in [5.41, 5.74) is 1.28. The number of carbonyl (C=O) groups is 2. The highest BCUT2D eigenvalue weighted by Gasteiger charge is 2.36. The first-order valence-corrected chi connectivity index (χ1v) is 18.4. The van der Waals surface area contributed by atoms with Gasteiger partial charge in [0.25, 0.3) is 15.7 Å². The highest BCUT2D eigenvalue weighted by atomic mass is 79.9. The molecule has 0 radical (unpaired) electrons. The van der Waals surface area contributed by atoms with Gasteiger partial charge in [-0.05, 0) is 60.9 Å². The van der Waals surface area contributed by atoms with Crippen LogP contribution in [0, 0.1) is 17.0 Å². The number of ether oxygens (including phenoxy) is 1. The van der Waals surface area contributed by atoms with Gasteiger partial charge >= 0.3 is 0 Å². The van der Waals surface area contributed by atoms with Gasteiger partial charge in [0.2, 0.25) is 11.8 Å². The lowest BCUT2D eigenvalue weighted by molar-refractivity contribution is -0.385. The molecule has 4 rings (SSSR count). The molecule has 4 aromatic rings. The first kappa shape index (κ1) is 38.3.